The molecule has 0 bridgehead atoms. The van der Waals surface area contributed by atoms with E-state index in [4.69, 9.17) is 4.52 Å². The Labute approximate surface area is 147 Å². The van der Waals surface area contributed by atoms with Crippen molar-refractivity contribution < 1.29 is 17.7 Å². The molecule has 1 aromatic carbocycles. The van der Waals surface area contributed by atoms with Crippen LogP contribution in [0.2, 0.25) is 0 Å². The molecule has 0 saturated heterocycles. The molecule has 1 atom stereocenters. The molecule has 0 aliphatic carbocycles. The summed E-state index contributed by atoms with van der Waals surface area (Å²) in [6, 6.07) is 7.29. The van der Waals surface area contributed by atoms with Gasteiger partial charge >= 0.3 is 0 Å². The van der Waals surface area contributed by atoms with E-state index in [-0.39, 0.29) is 11.8 Å². The first-order valence-electron chi connectivity index (χ1n) is 8.16. The molecule has 8 heteroatoms. The van der Waals surface area contributed by atoms with Gasteiger partial charge in [-0.1, -0.05) is 38.1 Å². The first-order valence-corrected chi connectivity index (χ1v) is 9.88. The lowest BCUT2D eigenvalue weighted by molar-refractivity contribution is -0.115. The average Bonchev–Trinajstić information content (AvgIpc) is 3.02. The van der Waals surface area contributed by atoms with E-state index in [9.17, 15) is 13.2 Å². The molecule has 0 spiro atoms. The topological polar surface area (TPSA) is 102 Å². The molecule has 0 aliphatic heterocycles. The van der Waals surface area contributed by atoms with Gasteiger partial charge in [0.25, 0.3) is 0 Å². The molecule has 7 nitrogen and oxygen atoms in total. The van der Waals surface area contributed by atoms with Crippen molar-refractivity contribution in [3.8, 4) is 0 Å². The van der Waals surface area contributed by atoms with Crippen molar-refractivity contribution >= 4 is 21.4 Å². The highest BCUT2D eigenvalue weighted by atomic mass is 32.2. The van der Waals surface area contributed by atoms with Gasteiger partial charge in [-0.05, 0) is 31.0 Å². The Morgan fingerprint density at radius 1 is 1.20 bits per heavy atom. The van der Waals surface area contributed by atoms with Crippen molar-refractivity contribution in [1.82, 2.24) is 10.1 Å². The predicted octanol–water partition coefficient (Wildman–Crippen LogP) is 2.70. The first kappa shape index (κ1) is 19.1. The third kappa shape index (κ3) is 4.88. The van der Waals surface area contributed by atoms with Crippen molar-refractivity contribution in [2.24, 2.45) is 0 Å². The predicted molar refractivity (Wildman–Crippen MR) is 94.9 cm³/mol. The zero-order valence-corrected chi connectivity index (χ0v) is 15.6. The lowest BCUT2D eigenvalue weighted by Gasteiger charge is -2.12. The van der Waals surface area contributed by atoms with Gasteiger partial charge in [-0.2, -0.15) is 4.98 Å². The molecule has 136 valence electrons. The van der Waals surface area contributed by atoms with E-state index in [0.717, 1.165) is 12.0 Å². The molecule has 25 heavy (non-hydrogen) atoms. The zero-order chi connectivity index (χ0) is 18.6. The van der Waals surface area contributed by atoms with Crippen LogP contribution in [0.25, 0.3) is 0 Å². The average molecular weight is 365 g/mol. The molecule has 0 saturated carbocycles. The number of anilines is 1. The highest BCUT2D eigenvalue weighted by Crippen LogP contribution is 2.16. The van der Waals surface area contributed by atoms with Crippen LogP contribution in [-0.2, 0) is 26.8 Å². The van der Waals surface area contributed by atoms with Crippen LogP contribution in [0.15, 0.2) is 28.8 Å². The maximum Gasteiger partial charge on any atom is 0.242 e. The first-order chi connectivity index (χ1) is 11.7. The number of nitrogens with one attached hydrogen (secondary N) is 1. The number of rotatable bonds is 7. The third-order valence-electron chi connectivity index (χ3n) is 3.86. The lowest BCUT2D eigenvalue weighted by Crippen LogP contribution is -2.33. The second-order valence-corrected chi connectivity index (χ2v) is 8.51. The van der Waals surface area contributed by atoms with Gasteiger partial charge in [-0.25, -0.2) is 8.42 Å². The summed E-state index contributed by atoms with van der Waals surface area (Å²) in [5, 5.41) is 5.13. The standard InChI is InChI=1S/C17H23N3O4S/c1-5-13-6-8-14(9-7-13)18-17(21)12(4)25(22,23)10-15-19-16(11(2)3)20-24-15/h6-9,11-12H,5,10H2,1-4H3,(H,18,21)/t12-/m0/s1. The van der Waals surface area contributed by atoms with Crippen molar-refractivity contribution in [1.29, 1.82) is 0 Å². The van der Waals surface area contributed by atoms with Gasteiger partial charge in [0, 0.05) is 11.6 Å². The number of aromatic nitrogens is 2. The van der Waals surface area contributed by atoms with Gasteiger partial charge in [0.1, 0.15) is 11.0 Å². The molecule has 1 amide bonds. The van der Waals surface area contributed by atoms with Crippen molar-refractivity contribution in [2.45, 2.75) is 51.0 Å². The highest BCUT2D eigenvalue weighted by molar-refractivity contribution is 7.92. The fraction of sp³-hybridized carbons (Fsp3) is 0.471. The minimum absolute atomic E-state index is 0.00403. The zero-order valence-electron chi connectivity index (χ0n) is 14.8. The summed E-state index contributed by atoms with van der Waals surface area (Å²) in [6.45, 7) is 7.14. The Hall–Kier alpha value is -2.22. The summed E-state index contributed by atoms with van der Waals surface area (Å²) in [5.41, 5.74) is 1.69. The number of nitrogens with zero attached hydrogens (tertiary/aromatic N) is 2. The van der Waals surface area contributed by atoms with Crippen LogP contribution >= 0.6 is 0 Å². The van der Waals surface area contributed by atoms with Crippen LogP contribution in [0.4, 0.5) is 5.69 Å². The van der Waals surface area contributed by atoms with Crippen LogP contribution in [0.1, 0.15) is 50.9 Å². The van der Waals surface area contributed by atoms with Gasteiger partial charge in [0.2, 0.25) is 11.8 Å². The fourth-order valence-electron chi connectivity index (χ4n) is 2.09. The van der Waals surface area contributed by atoms with Gasteiger partial charge in [0.05, 0.1) is 0 Å². The number of carbonyl (C=O) groups is 1. The van der Waals surface area contributed by atoms with Crippen LogP contribution < -0.4 is 5.32 Å². The molecular formula is C17H23N3O4S. The van der Waals surface area contributed by atoms with E-state index >= 15 is 0 Å². The Kier molecular flexibility index (Phi) is 5.94. The smallest absolute Gasteiger partial charge is 0.242 e. The van der Waals surface area contributed by atoms with Crippen molar-refractivity contribution in [3.63, 3.8) is 0 Å². The summed E-state index contributed by atoms with van der Waals surface area (Å²) >= 11 is 0. The number of carbonyl (C=O) groups excluding carboxylic acids is 1. The fourth-order valence-corrected chi connectivity index (χ4v) is 3.19. The van der Waals surface area contributed by atoms with Crippen LogP contribution in [0.5, 0.6) is 0 Å². The van der Waals surface area contributed by atoms with Crippen LogP contribution in [-0.4, -0.2) is 29.7 Å². The maximum absolute atomic E-state index is 12.4. The van der Waals surface area contributed by atoms with Crippen molar-refractivity contribution in [3.05, 3.63) is 41.5 Å². The molecule has 0 aliphatic rings. The van der Waals surface area contributed by atoms with Gasteiger partial charge in [0.15, 0.2) is 15.7 Å². The molecule has 0 unspecified atom stereocenters. The largest absolute Gasteiger partial charge is 0.338 e. The summed E-state index contributed by atoms with van der Waals surface area (Å²) in [5.74, 6) is -0.579. The maximum atomic E-state index is 12.4. The van der Waals surface area contributed by atoms with E-state index in [1.165, 1.54) is 6.92 Å². The summed E-state index contributed by atoms with van der Waals surface area (Å²) in [6.07, 6.45) is 0.890. The quantitative estimate of drug-likeness (QED) is 0.809. The number of amides is 1. The molecule has 1 N–H and O–H groups in total. The molecule has 0 radical (unpaired) electrons. The number of hydrogen-bond acceptors (Lipinski definition) is 6. The second-order valence-electron chi connectivity index (χ2n) is 6.19. The van der Waals surface area contributed by atoms with Crippen molar-refractivity contribution in [2.75, 3.05) is 5.32 Å². The molecule has 0 fully saturated rings. The lowest BCUT2D eigenvalue weighted by atomic mass is 10.1. The SMILES string of the molecule is CCc1ccc(NC(=O)[C@H](C)S(=O)(=O)Cc2nc(C(C)C)no2)cc1. The van der Waals surface area contributed by atoms with E-state index in [1.54, 1.807) is 12.1 Å². The van der Waals surface area contributed by atoms with E-state index in [1.807, 2.05) is 32.9 Å². The number of benzene rings is 1. The Balaban J connectivity index is 2.05. The third-order valence-corrected chi connectivity index (χ3v) is 5.80. The number of sulfone groups is 1. The van der Waals surface area contributed by atoms with Gasteiger partial charge in [-0.15, -0.1) is 0 Å². The van der Waals surface area contributed by atoms with E-state index in [2.05, 4.69) is 15.5 Å². The summed E-state index contributed by atoms with van der Waals surface area (Å²) in [4.78, 5) is 16.3. The minimum Gasteiger partial charge on any atom is -0.338 e. The molecule has 2 aromatic rings. The molecule has 1 aromatic heterocycles. The molecule has 1 heterocycles. The Bertz CT molecular complexity index is 826. The second kappa shape index (κ2) is 7.77. The van der Waals surface area contributed by atoms with Crippen LogP contribution in [0, 0.1) is 0 Å². The normalized spacial score (nSPS) is 13.0. The molecular weight excluding hydrogens is 342 g/mol. The Morgan fingerprint density at radius 3 is 2.36 bits per heavy atom. The summed E-state index contributed by atoms with van der Waals surface area (Å²) < 4.78 is 29.8. The van der Waals surface area contributed by atoms with E-state index in [0.29, 0.717) is 11.5 Å². The monoisotopic (exact) mass is 365 g/mol. The highest BCUT2D eigenvalue weighted by Gasteiger charge is 2.30. The minimum atomic E-state index is -3.77. The Morgan fingerprint density at radius 2 is 1.84 bits per heavy atom. The van der Waals surface area contributed by atoms with Gasteiger partial charge in [-0.3, -0.25) is 4.79 Å². The van der Waals surface area contributed by atoms with Crippen LogP contribution in [0.3, 0.4) is 0 Å². The van der Waals surface area contributed by atoms with E-state index < -0.39 is 26.7 Å². The number of hydrogen-bond donors (Lipinski definition) is 1. The molecule has 2 rings (SSSR count). The summed E-state index contributed by atoms with van der Waals surface area (Å²) in [7, 11) is -3.77. The number of aryl methyl sites for hydroxylation is 1. The van der Waals surface area contributed by atoms with Gasteiger partial charge < -0.3 is 9.84 Å².